The minimum atomic E-state index is -0.104. The number of benzene rings is 1. The van der Waals surface area contributed by atoms with Crippen LogP contribution in [-0.4, -0.2) is 0 Å². The molecule has 0 aromatic heterocycles. The topological polar surface area (TPSA) is 23.8 Å². The van der Waals surface area contributed by atoms with Gasteiger partial charge in [0.15, 0.2) is 0 Å². The normalized spacial score (nSPS) is 13.3. The lowest BCUT2D eigenvalue weighted by atomic mass is 10.0. The highest BCUT2D eigenvalue weighted by atomic mass is 14.6. The van der Waals surface area contributed by atoms with E-state index >= 15 is 0 Å². The second kappa shape index (κ2) is 4.43. The summed E-state index contributed by atoms with van der Waals surface area (Å²) in [6, 6.07) is 8.30. The van der Waals surface area contributed by atoms with E-state index in [0.29, 0.717) is 5.92 Å². The molecular formula is C12H18N. The fourth-order valence-corrected chi connectivity index (χ4v) is 1.41. The van der Waals surface area contributed by atoms with Crippen LogP contribution in [0.1, 0.15) is 37.9 Å². The second-order valence-corrected chi connectivity index (χ2v) is 4.06. The molecule has 1 atom stereocenters. The molecule has 0 heterocycles. The fraction of sp³-hybridized carbons (Fsp3) is 0.500. The Labute approximate surface area is 81.0 Å². The van der Waals surface area contributed by atoms with Gasteiger partial charge in [0.1, 0.15) is 0 Å². The van der Waals surface area contributed by atoms with Gasteiger partial charge in [0.25, 0.3) is 0 Å². The summed E-state index contributed by atoms with van der Waals surface area (Å²) in [5.41, 5.74) is 10.0. The first-order valence-electron chi connectivity index (χ1n) is 4.89. The van der Waals surface area contributed by atoms with Crippen molar-refractivity contribution in [3.8, 4) is 0 Å². The molecule has 0 fully saturated rings. The molecule has 0 spiro atoms. The Balaban J connectivity index is 2.70. The predicted molar refractivity (Wildman–Crippen MR) is 56.5 cm³/mol. The average molecular weight is 176 g/mol. The van der Waals surface area contributed by atoms with Crippen molar-refractivity contribution in [2.24, 2.45) is 5.92 Å². The summed E-state index contributed by atoms with van der Waals surface area (Å²) in [7, 11) is 0. The third-order valence-electron chi connectivity index (χ3n) is 2.12. The molecule has 1 rings (SSSR count). The van der Waals surface area contributed by atoms with Crippen molar-refractivity contribution >= 4 is 0 Å². The number of hydrogen-bond acceptors (Lipinski definition) is 0. The van der Waals surface area contributed by atoms with E-state index in [-0.39, 0.29) is 6.04 Å². The van der Waals surface area contributed by atoms with Crippen LogP contribution in [0.4, 0.5) is 0 Å². The minimum absolute atomic E-state index is 0.104. The van der Waals surface area contributed by atoms with E-state index in [2.05, 4.69) is 38.1 Å². The van der Waals surface area contributed by atoms with Gasteiger partial charge in [0.05, 0.1) is 0 Å². The largest absolute Gasteiger partial charge is 0.250 e. The predicted octanol–water partition coefficient (Wildman–Crippen LogP) is 3.23. The van der Waals surface area contributed by atoms with Crippen LogP contribution in [0.3, 0.4) is 0 Å². The lowest BCUT2D eigenvalue weighted by molar-refractivity contribution is 0.646. The molecule has 13 heavy (non-hydrogen) atoms. The maximum atomic E-state index is 7.53. The molecule has 1 N–H and O–H groups in total. The van der Waals surface area contributed by atoms with Crippen LogP contribution in [0, 0.1) is 5.92 Å². The van der Waals surface area contributed by atoms with Crippen LogP contribution in [0.5, 0.6) is 0 Å². The molecule has 0 aliphatic carbocycles. The van der Waals surface area contributed by atoms with Crippen molar-refractivity contribution in [1.82, 2.24) is 5.73 Å². The molecule has 0 saturated carbocycles. The SMILES string of the molecule is CC(C)Cc1ccc(C(C)[NH])cc1. The van der Waals surface area contributed by atoms with Gasteiger partial charge >= 0.3 is 0 Å². The molecule has 0 aliphatic heterocycles. The van der Waals surface area contributed by atoms with E-state index in [1.165, 1.54) is 5.56 Å². The Hall–Kier alpha value is -0.820. The van der Waals surface area contributed by atoms with Gasteiger partial charge in [-0.1, -0.05) is 38.1 Å². The number of nitrogens with one attached hydrogen (secondary N) is 1. The van der Waals surface area contributed by atoms with E-state index in [4.69, 9.17) is 5.73 Å². The molecular weight excluding hydrogens is 158 g/mol. The van der Waals surface area contributed by atoms with E-state index in [0.717, 1.165) is 12.0 Å². The molecule has 1 unspecified atom stereocenters. The molecule has 1 aromatic carbocycles. The molecule has 0 amide bonds. The first kappa shape index (κ1) is 10.3. The van der Waals surface area contributed by atoms with Gasteiger partial charge in [-0.2, -0.15) is 0 Å². The molecule has 0 bridgehead atoms. The summed E-state index contributed by atoms with van der Waals surface area (Å²) < 4.78 is 0. The Morgan fingerprint density at radius 3 is 2.00 bits per heavy atom. The smallest absolute Gasteiger partial charge is 0.0434 e. The lowest BCUT2D eigenvalue weighted by Crippen LogP contribution is -1.96. The molecule has 1 radical (unpaired) electrons. The highest BCUT2D eigenvalue weighted by Crippen LogP contribution is 2.14. The molecule has 0 saturated heterocycles. The van der Waals surface area contributed by atoms with Crippen LogP contribution >= 0.6 is 0 Å². The number of rotatable bonds is 3. The Kier molecular flexibility index (Phi) is 3.49. The lowest BCUT2D eigenvalue weighted by Gasteiger charge is -2.07. The van der Waals surface area contributed by atoms with Crippen LogP contribution in [0.25, 0.3) is 0 Å². The summed E-state index contributed by atoms with van der Waals surface area (Å²) in [5, 5.41) is 0. The zero-order chi connectivity index (χ0) is 9.84. The summed E-state index contributed by atoms with van der Waals surface area (Å²) in [4.78, 5) is 0. The second-order valence-electron chi connectivity index (χ2n) is 4.06. The summed E-state index contributed by atoms with van der Waals surface area (Å²) in [6.07, 6.45) is 1.13. The minimum Gasteiger partial charge on any atom is -0.250 e. The third-order valence-corrected chi connectivity index (χ3v) is 2.12. The summed E-state index contributed by atoms with van der Waals surface area (Å²) in [5.74, 6) is 0.708. The van der Waals surface area contributed by atoms with Gasteiger partial charge in [-0.05, 0) is 30.4 Å². The Bertz CT molecular complexity index is 246. The van der Waals surface area contributed by atoms with Crippen molar-refractivity contribution in [2.75, 3.05) is 0 Å². The van der Waals surface area contributed by atoms with Gasteiger partial charge in [0.2, 0.25) is 0 Å². The fourth-order valence-electron chi connectivity index (χ4n) is 1.41. The van der Waals surface area contributed by atoms with Crippen LogP contribution < -0.4 is 5.73 Å². The van der Waals surface area contributed by atoms with E-state index < -0.39 is 0 Å². The highest BCUT2D eigenvalue weighted by Gasteiger charge is 2.00. The zero-order valence-corrected chi connectivity index (χ0v) is 8.67. The van der Waals surface area contributed by atoms with E-state index in [1.807, 2.05) is 6.92 Å². The average Bonchev–Trinajstić information content (AvgIpc) is 2.04. The van der Waals surface area contributed by atoms with Crippen molar-refractivity contribution < 1.29 is 0 Å². The summed E-state index contributed by atoms with van der Waals surface area (Å²) in [6.45, 7) is 6.35. The monoisotopic (exact) mass is 176 g/mol. The van der Waals surface area contributed by atoms with Gasteiger partial charge < -0.3 is 0 Å². The summed E-state index contributed by atoms with van der Waals surface area (Å²) >= 11 is 0. The van der Waals surface area contributed by atoms with Crippen LogP contribution in [0.2, 0.25) is 0 Å². The maximum Gasteiger partial charge on any atom is 0.0434 e. The van der Waals surface area contributed by atoms with Gasteiger partial charge in [-0.3, -0.25) is 5.73 Å². The Morgan fingerprint density at radius 2 is 1.62 bits per heavy atom. The van der Waals surface area contributed by atoms with Crippen LogP contribution in [0.15, 0.2) is 24.3 Å². The van der Waals surface area contributed by atoms with Crippen molar-refractivity contribution in [2.45, 2.75) is 33.2 Å². The van der Waals surface area contributed by atoms with Crippen molar-refractivity contribution in [1.29, 1.82) is 0 Å². The van der Waals surface area contributed by atoms with E-state index in [1.54, 1.807) is 0 Å². The Morgan fingerprint density at radius 1 is 1.08 bits per heavy atom. The molecule has 71 valence electrons. The first-order chi connectivity index (χ1) is 6.09. The first-order valence-corrected chi connectivity index (χ1v) is 4.89. The van der Waals surface area contributed by atoms with Crippen LogP contribution in [-0.2, 0) is 6.42 Å². The standard InChI is InChI=1S/C12H18N/c1-9(2)8-11-4-6-12(7-5-11)10(3)13/h4-7,9-10,13H,8H2,1-3H3. The molecule has 0 aliphatic rings. The highest BCUT2D eigenvalue weighted by molar-refractivity contribution is 5.24. The molecule has 1 nitrogen and oxygen atoms in total. The van der Waals surface area contributed by atoms with E-state index in [9.17, 15) is 0 Å². The third kappa shape index (κ3) is 3.19. The van der Waals surface area contributed by atoms with Gasteiger partial charge in [-0.25, -0.2) is 0 Å². The maximum absolute atomic E-state index is 7.53. The quantitative estimate of drug-likeness (QED) is 0.675. The van der Waals surface area contributed by atoms with Gasteiger partial charge in [-0.15, -0.1) is 0 Å². The molecule has 1 heteroatoms. The zero-order valence-electron chi connectivity index (χ0n) is 8.67. The van der Waals surface area contributed by atoms with Crippen molar-refractivity contribution in [3.05, 3.63) is 35.4 Å². The van der Waals surface area contributed by atoms with Crippen molar-refractivity contribution in [3.63, 3.8) is 0 Å². The molecule has 1 aromatic rings. The number of hydrogen-bond donors (Lipinski definition) is 0. The van der Waals surface area contributed by atoms with Gasteiger partial charge in [0, 0.05) is 6.04 Å².